The molecule has 1 aliphatic heterocycles. The zero-order valence-electron chi connectivity index (χ0n) is 12.4. The summed E-state index contributed by atoms with van der Waals surface area (Å²) < 4.78 is 0.785. The summed E-state index contributed by atoms with van der Waals surface area (Å²) in [5, 5.41) is 3.28. The Labute approximate surface area is 167 Å². The van der Waals surface area contributed by atoms with E-state index in [0.717, 1.165) is 4.47 Å². The Morgan fingerprint density at radius 3 is 2.52 bits per heavy atom. The predicted octanol–water partition coefficient (Wildman–Crippen LogP) is 4.59. The number of rotatable bonds is 2. The summed E-state index contributed by atoms with van der Waals surface area (Å²) in [7, 11) is 0. The van der Waals surface area contributed by atoms with Gasteiger partial charge in [0.1, 0.15) is 5.57 Å². The fourth-order valence-electron chi connectivity index (χ4n) is 2.28. The van der Waals surface area contributed by atoms with Crippen molar-refractivity contribution < 1.29 is 9.59 Å². The van der Waals surface area contributed by atoms with Crippen molar-refractivity contribution >= 4 is 80.0 Å². The van der Waals surface area contributed by atoms with E-state index in [-0.39, 0.29) is 10.7 Å². The molecule has 8 heteroatoms. The molecule has 25 heavy (non-hydrogen) atoms. The Hall–Kier alpha value is -1.73. The SMILES string of the molecule is O=C1NC(=S)N(c2cccc(Br)c2)C(=O)/C1=C/c1ccc(Cl)c(Cl)c1. The molecule has 1 N–H and O–H groups in total. The Morgan fingerprint density at radius 1 is 1.08 bits per heavy atom. The van der Waals surface area contributed by atoms with Gasteiger partial charge in [-0.2, -0.15) is 0 Å². The number of nitrogens with one attached hydrogen (secondary N) is 1. The molecule has 126 valence electrons. The second kappa shape index (κ2) is 7.25. The highest BCUT2D eigenvalue weighted by molar-refractivity contribution is 9.10. The second-order valence-electron chi connectivity index (χ2n) is 5.11. The van der Waals surface area contributed by atoms with Gasteiger partial charge >= 0.3 is 0 Å². The third kappa shape index (κ3) is 3.77. The van der Waals surface area contributed by atoms with Crippen molar-refractivity contribution in [1.82, 2.24) is 5.32 Å². The van der Waals surface area contributed by atoms with Crippen LogP contribution in [0, 0.1) is 0 Å². The monoisotopic (exact) mass is 454 g/mol. The molecule has 3 rings (SSSR count). The lowest BCUT2D eigenvalue weighted by atomic mass is 10.1. The Balaban J connectivity index is 2.03. The quantitative estimate of drug-likeness (QED) is 0.409. The normalized spacial score (nSPS) is 16.4. The first-order chi connectivity index (χ1) is 11.9. The van der Waals surface area contributed by atoms with E-state index in [0.29, 0.717) is 21.3 Å². The summed E-state index contributed by atoms with van der Waals surface area (Å²) in [4.78, 5) is 26.4. The van der Waals surface area contributed by atoms with Crippen LogP contribution in [-0.4, -0.2) is 16.9 Å². The lowest BCUT2D eigenvalue weighted by Gasteiger charge is -2.29. The van der Waals surface area contributed by atoms with Crippen LogP contribution >= 0.6 is 51.3 Å². The van der Waals surface area contributed by atoms with Crippen LogP contribution in [0.2, 0.25) is 10.0 Å². The maximum Gasteiger partial charge on any atom is 0.270 e. The van der Waals surface area contributed by atoms with E-state index in [1.54, 1.807) is 36.4 Å². The largest absolute Gasteiger partial charge is 0.298 e. The van der Waals surface area contributed by atoms with Crippen LogP contribution < -0.4 is 10.2 Å². The number of hydrogen-bond acceptors (Lipinski definition) is 3. The molecule has 1 saturated heterocycles. The summed E-state index contributed by atoms with van der Waals surface area (Å²) in [6.07, 6.45) is 1.45. The third-order valence-electron chi connectivity index (χ3n) is 3.42. The molecular weight excluding hydrogens is 447 g/mol. The summed E-state index contributed by atoms with van der Waals surface area (Å²) in [5.41, 5.74) is 1.08. The zero-order valence-corrected chi connectivity index (χ0v) is 16.3. The van der Waals surface area contributed by atoms with Crippen LogP contribution in [0.1, 0.15) is 5.56 Å². The summed E-state index contributed by atoms with van der Waals surface area (Å²) in [6.45, 7) is 0. The van der Waals surface area contributed by atoms with E-state index in [1.165, 1.54) is 11.0 Å². The van der Waals surface area contributed by atoms with Crippen molar-refractivity contribution in [3.05, 3.63) is 68.1 Å². The third-order valence-corrected chi connectivity index (χ3v) is 4.94. The number of amides is 2. The number of hydrogen-bond donors (Lipinski definition) is 1. The molecule has 1 fully saturated rings. The van der Waals surface area contributed by atoms with Crippen molar-refractivity contribution in [2.45, 2.75) is 0 Å². The topological polar surface area (TPSA) is 49.4 Å². The van der Waals surface area contributed by atoms with Crippen molar-refractivity contribution in [1.29, 1.82) is 0 Å². The van der Waals surface area contributed by atoms with Gasteiger partial charge in [0.05, 0.1) is 15.7 Å². The van der Waals surface area contributed by atoms with Crippen molar-refractivity contribution in [3.63, 3.8) is 0 Å². The first kappa shape index (κ1) is 18.1. The molecule has 2 aromatic carbocycles. The number of nitrogens with zero attached hydrogens (tertiary/aromatic N) is 1. The summed E-state index contributed by atoms with van der Waals surface area (Å²) >= 11 is 20.4. The van der Waals surface area contributed by atoms with Crippen molar-refractivity contribution in [3.8, 4) is 0 Å². The minimum absolute atomic E-state index is 0.0272. The molecule has 0 radical (unpaired) electrons. The van der Waals surface area contributed by atoms with Gasteiger partial charge in [0, 0.05) is 4.47 Å². The van der Waals surface area contributed by atoms with Crippen LogP contribution in [0.25, 0.3) is 6.08 Å². The molecule has 0 bridgehead atoms. The van der Waals surface area contributed by atoms with Gasteiger partial charge in [-0.1, -0.05) is 51.3 Å². The number of benzene rings is 2. The fourth-order valence-corrected chi connectivity index (χ4v) is 3.25. The molecule has 2 aromatic rings. The van der Waals surface area contributed by atoms with E-state index >= 15 is 0 Å². The van der Waals surface area contributed by atoms with Gasteiger partial charge in [-0.05, 0) is 54.2 Å². The first-order valence-corrected chi connectivity index (χ1v) is 8.94. The zero-order chi connectivity index (χ0) is 18.1. The average Bonchev–Trinajstić information content (AvgIpc) is 2.54. The van der Waals surface area contributed by atoms with Crippen LogP contribution in [0.4, 0.5) is 5.69 Å². The van der Waals surface area contributed by atoms with Gasteiger partial charge in [0.2, 0.25) is 0 Å². The van der Waals surface area contributed by atoms with Crippen molar-refractivity contribution in [2.24, 2.45) is 0 Å². The number of carbonyl (C=O) groups excluding carboxylic acids is 2. The Bertz CT molecular complexity index is 946. The molecule has 0 aromatic heterocycles. The first-order valence-electron chi connectivity index (χ1n) is 6.99. The van der Waals surface area contributed by atoms with E-state index in [9.17, 15) is 9.59 Å². The van der Waals surface area contributed by atoms with E-state index in [4.69, 9.17) is 35.4 Å². The maximum absolute atomic E-state index is 12.8. The smallest absolute Gasteiger partial charge is 0.270 e. The van der Waals surface area contributed by atoms with Crippen molar-refractivity contribution in [2.75, 3.05) is 4.90 Å². The molecule has 1 heterocycles. The molecule has 0 saturated carbocycles. The molecule has 4 nitrogen and oxygen atoms in total. The fraction of sp³-hybridized carbons (Fsp3) is 0. The van der Waals surface area contributed by atoms with Gasteiger partial charge in [0.25, 0.3) is 11.8 Å². The summed E-state index contributed by atoms with van der Waals surface area (Å²) in [6, 6.07) is 11.9. The minimum Gasteiger partial charge on any atom is -0.298 e. The Morgan fingerprint density at radius 2 is 1.84 bits per heavy atom. The Kier molecular flexibility index (Phi) is 5.24. The number of anilines is 1. The molecule has 1 aliphatic rings. The number of carbonyl (C=O) groups is 2. The molecule has 0 aliphatic carbocycles. The van der Waals surface area contributed by atoms with Gasteiger partial charge in [-0.25, -0.2) is 0 Å². The molecule has 0 unspecified atom stereocenters. The lowest BCUT2D eigenvalue weighted by molar-refractivity contribution is -0.122. The van der Waals surface area contributed by atoms with Gasteiger partial charge < -0.3 is 0 Å². The van der Waals surface area contributed by atoms with Gasteiger partial charge in [0.15, 0.2) is 5.11 Å². The van der Waals surface area contributed by atoms with Crippen LogP contribution in [0.3, 0.4) is 0 Å². The molecular formula is C17H9BrCl2N2O2S. The van der Waals surface area contributed by atoms with Gasteiger partial charge in [-0.15, -0.1) is 0 Å². The minimum atomic E-state index is -0.563. The molecule has 2 amide bonds. The van der Waals surface area contributed by atoms with E-state index in [1.807, 2.05) is 6.07 Å². The summed E-state index contributed by atoms with van der Waals surface area (Å²) in [5.74, 6) is -1.08. The molecule has 0 atom stereocenters. The highest BCUT2D eigenvalue weighted by atomic mass is 79.9. The predicted molar refractivity (Wildman–Crippen MR) is 107 cm³/mol. The van der Waals surface area contributed by atoms with Gasteiger partial charge in [-0.3, -0.25) is 19.8 Å². The maximum atomic E-state index is 12.8. The van der Waals surface area contributed by atoms with Crippen LogP contribution in [-0.2, 0) is 9.59 Å². The average molecular weight is 456 g/mol. The van der Waals surface area contributed by atoms with E-state index in [2.05, 4.69) is 21.2 Å². The molecule has 0 spiro atoms. The van der Waals surface area contributed by atoms with Crippen LogP contribution in [0.15, 0.2) is 52.5 Å². The van der Waals surface area contributed by atoms with Crippen LogP contribution in [0.5, 0.6) is 0 Å². The second-order valence-corrected chi connectivity index (χ2v) is 7.23. The number of thiocarbonyl (C=S) groups is 1. The van der Waals surface area contributed by atoms with E-state index < -0.39 is 11.8 Å². The highest BCUT2D eigenvalue weighted by Gasteiger charge is 2.34. The lowest BCUT2D eigenvalue weighted by Crippen LogP contribution is -2.54. The highest BCUT2D eigenvalue weighted by Crippen LogP contribution is 2.27. The number of halogens is 3. The standard InChI is InChI=1S/C17H9BrCl2N2O2S/c18-10-2-1-3-11(8-10)22-16(24)12(15(23)21-17(22)25)6-9-4-5-13(19)14(20)7-9/h1-8H,(H,21,23,25)/b12-6+.